The summed E-state index contributed by atoms with van der Waals surface area (Å²) in [5.41, 5.74) is 0.707. The third kappa shape index (κ3) is 4.72. The van der Waals surface area contributed by atoms with Gasteiger partial charge in [0.2, 0.25) is 0 Å². The minimum Gasteiger partial charge on any atom is -0.443 e. The molecule has 0 bridgehead atoms. The SMILES string of the molecule is CC(C)(C)OC(=O)N(c1ccc([C@@H]2CCCCN2)cn1)C1CCCC1. The molecule has 3 rings (SSSR count). The van der Waals surface area contributed by atoms with Gasteiger partial charge in [0.25, 0.3) is 0 Å². The monoisotopic (exact) mass is 345 g/mol. The molecule has 5 nitrogen and oxygen atoms in total. The highest BCUT2D eigenvalue weighted by Crippen LogP contribution is 2.30. The maximum absolute atomic E-state index is 12.8. The van der Waals surface area contributed by atoms with Crippen molar-refractivity contribution in [1.82, 2.24) is 10.3 Å². The molecule has 1 aliphatic carbocycles. The highest BCUT2D eigenvalue weighted by atomic mass is 16.6. The second kappa shape index (κ2) is 7.73. The van der Waals surface area contributed by atoms with Crippen LogP contribution in [0.1, 0.15) is 77.3 Å². The highest BCUT2D eigenvalue weighted by molar-refractivity contribution is 5.87. The van der Waals surface area contributed by atoms with Gasteiger partial charge in [-0.25, -0.2) is 9.78 Å². The quantitative estimate of drug-likeness (QED) is 0.871. The Bertz CT molecular complexity index is 568. The van der Waals surface area contributed by atoms with Crippen molar-refractivity contribution in [3.63, 3.8) is 0 Å². The lowest BCUT2D eigenvalue weighted by molar-refractivity contribution is 0.0564. The van der Waals surface area contributed by atoms with Gasteiger partial charge in [0.15, 0.2) is 0 Å². The number of rotatable bonds is 3. The molecule has 1 aromatic rings. The molecule has 1 saturated carbocycles. The predicted molar refractivity (Wildman–Crippen MR) is 99.8 cm³/mol. The van der Waals surface area contributed by atoms with E-state index >= 15 is 0 Å². The van der Waals surface area contributed by atoms with E-state index < -0.39 is 5.60 Å². The normalized spacial score (nSPS) is 22.0. The summed E-state index contributed by atoms with van der Waals surface area (Å²) in [6.07, 6.45) is 9.66. The third-order valence-corrected chi connectivity index (χ3v) is 5.01. The predicted octanol–water partition coefficient (Wildman–Crippen LogP) is 4.58. The van der Waals surface area contributed by atoms with Gasteiger partial charge in [-0.3, -0.25) is 4.90 Å². The van der Waals surface area contributed by atoms with Crippen LogP contribution in [-0.2, 0) is 4.74 Å². The van der Waals surface area contributed by atoms with Gasteiger partial charge in [0.05, 0.1) is 0 Å². The van der Waals surface area contributed by atoms with Gasteiger partial charge in [0.1, 0.15) is 11.4 Å². The number of hydrogen-bond donors (Lipinski definition) is 1. The maximum atomic E-state index is 12.8. The minimum atomic E-state index is -0.500. The van der Waals surface area contributed by atoms with Crippen LogP contribution in [0.5, 0.6) is 0 Å². The molecule has 5 heteroatoms. The van der Waals surface area contributed by atoms with Crippen LogP contribution in [0.3, 0.4) is 0 Å². The van der Waals surface area contributed by atoms with Gasteiger partial charge in [-0.15, -0.1) is 0 Å². The molecule has 25 heavy (non-hydrogen) atoms. The first kappa shape index (κ1) is 18.2. The molecule has 1 saturated heterocycles. The zero-order valence-electron chi connectivity index (χ0n) is 15.8. The number of hydrogen-bond acceptors (Lipinski definition) is 4. The number of piperidine rings is 1. The van der Waals surface area contributed by atoms with Crippen LogP contribution in [0.25, 0.3) is 0 Å². The van der Waals surface area contributed by atoms with Crippen molar-refractivity contribution in [2.75, 3.05) is 11.4 Å². The number of carbonyl (C=O) groups excluding carboxylic acids is 1. The summed E-state index contributed by atoms with van der Waals surface area (Å²) in [5, 5.41) is 3.55. The van der Waals surface area contributed by atoms with Crippen molar-refractivity contribution in [2.24, 2.45) is 0 Å². The molecule has 0 aromatic carbocycles. The summed E-state index contributed by atoms with van der Waals surface area (Å²) >= 11 is 0. The molecule has 1 aliphatic heterocycles. The Morgan fingerprint density at radius 3 is 2.44 bits per heavy atom. The summed E-state index contributed by atoms with van der Waals surface area (Å²) in [5.74, 6) is 0.709. The van der Waals surface area contributed by atoms with Crippen molar-refractivity contribution in [3.8, 4) is 0 Å². The summed E-state index contributed by atoms with van der Waals surface area (Å²) in [6, 6.07) is 4.67. The minimum absolute atomic E-state index is 0.195. The van der Waals surface area contributed by atoms with E-state index in [1.54, 1.807) is 4.90 Å². The van der Waals surface area contributed by atoms with Crippen molar-refractivity contribution in [2.45, 2.75) is 83.4 Å². The Balaban J connectivity index is 1.78. The molecule has 2 heterocycles. The summed E-state index contributed by atoms with van der Waals surface area (Å²) in [6.45, 7) is 6.79. The molecule has 2 fully saturated rings. The number of nitrogens with one attached hydrogen (secondary N) is 1. The van der Waals surface area contributed by atoms with E-state index in [1.165, 1.54) is 18.4 Å². The van der Waals surface area contributed by atoms with Gasteiger partial charge < -0.3 is 10.1 Å². The van der Waals surface area contributed by atoms with Crippen molar-refractivity contribution in [3.05, 3.63) is 23.9 Å². The number of aromatic nitrogens is 1. The van der Waals surface area contributed by atoms with Gasteiger partial charge in [0, 0.05) is 18.3 Å². The van der Waals surface area contributed by atoms with Gasteiger partial charge >= 0.3 is 6.09 Å². The Kier molecular flexibility index (Phi) is 5.62. The summed E-state index contributed by atoms with van der Waals surface area (Å²) in [7, 11) is 0. The van der Waals surface area contributed by atoms with E-state index in [4.69, 9.17) is 4.74 Å². The molecular formula is C20H31N3O2. The van der Waals surface area contributed by atoms with Crippen molar-refractivity contribution >= 4 is 11.9 Å². The Labute approximate surface area is 151 Å². The van der Waals surface area contributed by atoms with E-state index in [-0.39, 0.29) is 12.1 Å². The van der Waals surface area contributed by atoms with E-state index in [1.807, 2.05) is 33.0 Å². The molecule has 1 aromatic heterocycles. The molecule has 1 amide bonds. The smallest absolute Gasteiger partial charge is 0.416 e. The van der Waals surface area contributed by atoms with Crippen LogP contribution in [-0.4, -0.2) is 29.3 Å². The molecule has 2 aliphatic rings. The number of ether oxygens (including phenoxy) is 1. The first-order chi connectivity index (χ1) is 11.9. The molecule has 0 radical (unpaired) electrons. The molecule has 0 unspecified atom stereocenters. The fourth-order valence-corrected chi connectivity index (χ4v) is 3.79. The Morgan fingerprint density at radius 1 is 1.16 bits per heavy atom. The molecular weight excluding hydrogens is 314 g/mol. The van der Waals surface area contributed by atoms with E-state index in [0.29, 0.717) is 11.9 Å². The number of pyridine rings is 1. The van der Waals surface area contributed by atoms with Crippen LogP contribution < -0.4 is 10.2 Å². The fourth-order valence-electron chi connectivity index (χ4n) is 3.79. The second-order valence-electron chi connectivity index (χ2n) is 8.24. The van der Waals surface area contributed by atoms with E-state index in [9.17, 15) is 4.79 Å². The Morgan fingerprint density at radius 2 is 1.88 bits per heavy atom. The van der Waals surface area contributed by atoms with Crippen molar-refractivity contribution < 1.29 is 9.53 Å². The van der Waals surface area contributed by atoms with Crippen molar-refractivity contribution in [1.29, 1.82) is 0 Å². The number of nitrogens with zero attached hydrogens (tertiary/aromatic N) is 2. The molecule has 138 valence electrons. The van der Waals surface area contributed by atoms with Gasteiger partial charge in [-0.2, -0.15) is 0 Å². The lowest BCUT2D eigenvalue weighted by Gasteiger charge is -2.31. The first-order valence-electron chi connectivity index (χ1n) is 9.65. The number of carbonyl (C=O) groups is 1. The topological polar surface area (TPSA) is 54.5 Å². The van der Waals surface area contributed by atoms with E-state index in [0.717, 1.165) is 38.6 Å². The highest BCUT2D eigenvalue weighted by Gasteiger charge is 2.32. The van der Waals surface area contributed by atoms with Crippen LogP contribution >= 0.6 is 0 Å². The zero-order valence-corrected chi connectivity index (χ0v) is 15.8. The zero-order chi connectivity index (χ0) is 17.9. The fraction of sp³-hybridized carbons (Fsp3) is 0.700. The van der Waals surface area contributed by atoms with Gasteiger partial charge in [-0.05, 0) is 64.6 Å². The molecule has 0 spiro atoms. The standard InChI is InChI=1S/C20H31N3O2/c1-20(2,3)25-19(24)23(16-8-4-5-9-16)18-12-11-15(14-22-18)17-10-6-7-13-21-17/h11-12,14,16-17,21H,4-10,13H2,1-3H3/t17-/m0/s1. The summed E-state index contributed by atoms with van der Waals surface area (Å²) in [4.78, 5) is 19.2. The molecule has 1 N–H and O–H groups in total. The number of amides is 1. The average molecular weight is 345 g/mol. The van der Waals surface area contributed by atoms with E-state index in [2.05, 4.69) is 16.4 Å². The third-order valence-electron chi connectivity index (χ3n) is 5.01. The lowest BCUT2D eigenvalue weighted by atomic mass is 9.99. The van der Waals surface area contributed by atoms with Crippen LogP contribution in [0.15, 0.2) is 18.3 Å². The maximum Gasteiger partial charge on any atom is 0.416 e. The largest absolute Gasteiger partial charge is 0.443 e. The van der Waals surface area contributed by atoms with Crippen LogP contribution in [0.2, 0.25) is 0 Å². The molecule has 1 atom stereocenters. The Hall–Kier alpha value is -1.62. The average Bonchev–Trinajstić information content (AvgIpc) is 3.09. The van der Waals surface area contributed by atoms with Crippen LogP contribution in [0, 0.1) is 0 Å². The van der Waals surface area contributed by atoms with Gasteiger partial charge in [-0.1, -0.05) is 25.3 Å². The first-order valence-corrected chi connectivity index (χ1v) is 9.65. The number of anilines is 1. The lowest BCUT2D eigenvalue weighted by Crippen LogP contribution is -2.43. The summed E-state index contributed by atoms with van der Waals surface area (Å²) < 4.78 is 5.65. The van der Waals surface area contributed by atoms with Crippen LogP contribution in [0.4, 0.5) is 10.6 Å². The second-order valence-corrected chi connectivity index (χ2v) is 8.24.